The molecule has 3 aromatic rings. The molecule has 3 rings (SSSR count). The van der Waals surface area contributed by atoms with E-state index in [-0.39, 0.29) is 12.5 Å². The lowest BCUT2D eigenvalue weighted by atomic mass is 10.0. The van der Waals surface area contributed by atoms with Gasteiger partial charge in [-0.15, -0.1) is 0 Å². The largest absolute Gasteiger partial charge is 0.497 e. The molecule has 2 aromatic carbocycles. The molecule has 1 atom stereocenters. The van der Waals surface area contributed by atoms with Gasteiger partial charge in [0.2, 0.25) is 0 Å². The summed E-state index contributed by atoms with van der Waals surface area (Å²) in [6.07, 6.45) is 3.47. The molecule has 0 aliphatic rings. The number of benzene rings is 2. The van der Waals surface area contributed by atoms with Crippen LogP contribution in [0.15, 0.2) is 60.7 Å². The molecule has 0 saturated heterocycles. The summed E-state index contributed by atoms with van der Waals surface area (Å²) in [4.78, 5) is 15.8. The zero-order chi connectivity index (χ0) is 22.9. The van der Waals surface area contributed by atoms with E-state index in [9.17, 15) is 4.79 Å². The van der Waals surface area contributed by atoms with Crippen LogP contribution in [0.1, 0.15) is 55.5 Å². The van der Waals surface area contributed by atoms with Crippen LogP contribution in [0.4, 0.5) is 0 Å². The van der Waals surface area contributed by atoms with Gasteiger partial charge in [-0.05, 0) is 85.8 Å². The second kappa shape index (κ2) is 11.3. The van der Waals surface area contributed by atoms with Crippen LogP contribution in [0.2, 0.25) is 0 Å². The number of aromatic nitrogens is 1. The Kier molecular flexibility index (Phi) is 8.26. The number of methoxy groups -OCH3 is 1. The predicted molar refractivity (Wildman–Crippen MR) is 126 cm³/mol. The Morgan fingerprint density at radius 1 is 1.06 bits per heavy atom. The smallest absolute Gasteiger partial charge is 0.303 e. The molecule has 1 aromatic heterocycles. The van der Waals surface area contributed by atoms with Gasteiger partial charge in [-0.1, -0.05) is 25.5 Å². The van der Waals surface area contributed by atoms with Crippen LogP contribution < -0.4 is 9.47 Å². The van der Waals surface area contributed by atoms with Crippen molar-refractivity contribution in [1.82, 2.24) is 4.98 Å². The van der Waals surface area contributed by atoms with Crippen LogP contribution in [-0.2, 0) is 11.2 Å². The van der Waals surface area contributed by atoms with Gasteiger partial charge in [-0.3, -0.25) is 4.79 Å². The van der Waals surface area contributed by atoms with E-state index in [1.807, 2.05) is 67.6 Å². The van der Waals surface area contributed by atoms with Gasteiger partial charge < -0.3 is 14.6 Å². The highest BCUT2D eigenvalue weighted by molar-refractivity contribution is 5.67. The number of aryl methyl sites for hydroxylation is 2. The second-order valence-electron chi connectivity index (χ2n) is 7.91. The van der Waals surface area contributed by atoms with E-state index >= 15 is 0 Å². The number of carbonyl (C=O) groups is 1. The maximum Gasteiger partial charge on any atom is 0.303 e. The highest BCUT2D eigenvalue weighted by Crippen LogP contribution is 2.29. The first-order valence-corrected chi connectivity index (χ1v) is 11.1. The Hall–Kier alpha value is -3.34. The standard InChI is InChI=1S/C27H31NO4/c1-4-5-9-26(32-23-16-10-20(19(2)18-23)13-17-27(29)30)25-8-6-7-24(28-25)21-11-14-22(31-3)15-12-21/h6-8,10-12,14-16,18,26H,4-5,9,13,17H2,1-3H3,(H,29,30)/t26-/m0/s1. The van der Waals surface area contributed by atoms with Gasteiger partial charge in [0.25, 0.3) is 0 Å². The Balaban J connectivity index is 1.82. The molecule has 5 heteroatoms. The third kappa shape index (κ3) is 6.33. The maximum atomic E-state index is 10.9. The molecule has 0 aliphatic carbocycles. The average molecular weight is 434 g/mol. The summed E-state index contributed by atoms with van der Waals surface area (Å²) >= 11 is 0. The van der Waals surface area contributed by atoms with Crippen molar-refractivity contribution in [2.45, 2.75) is 52.1 Å². The lowest BCUT2D eigenvalue weighted by Crippen LogP contribution is -2.10. The van der Waals surface area contributed by atoms with E-state index in [1.54, 1.807) is 7.11 Å². The van der Waals surface area contributed by atoms with E-state index in [4.69, 9.17) is 19.6 Å². The quantitative estimate of drug-likeness (QED) is 0.379. The number of nitrogens with zero attached hydrogens (tertiary/aromatic N) is 1. The zero-order valence-corrected chi connectivity index (χ0v) is 19.0. The third-order valence-electron chi connectivity index (χ3n) is 5.51. The number of pyridine rings is 1. The second-order valence-corrected chi connectivity index (χ2v) is 7.91. The molecule has 0 amide bonds. The van der Waals surface area contributed by atoms with Gasteiger partial charge >= 0.3 is 5.97 Å². The number of carboxylic acid groups (broad SMARTS) is 1. The fourth-order valence-corrected chi connectivity index (χ4v) is 3.64. The van der Waals surface area contributed by atoms with Crippen LogP contribution in [0.25, 0.3) is 11.3 Å². The summed E-state index contributed by atoms with van der Waals surface area (Å²) in [5.41, 5.74) is 4.90. The van der Waals surface area contributed by atoms with Crippen molar-refractivity contribution in [3.8, 4) is 22.8 Å². The molecule has 168 valence electrons. The van der Waals surface area contributed by atoms with Gasteiger partial charge in [-0.25, -0.2) is 4.98 Å². The highest BCUT2D eigenvalue weighted by atomic mass is 16.5. The first kappa shape index (κ1) is 23.3. The van der Waals surface area contributed by atoms with Crippen LogP contribution in [-0.4, -0.2) is 23.2 Å². The van der Waals surface area contributed by atoms with E-state index in [1.165, 1.54) is 0 Å². The molecule has 0 radical (unpaired) electrons. The lowest BCUT2D eigenvalue weighted by molar-refractivity contribution is -0.136. The monoisotopic (exact) mass is 433 g/mol. The number of carboxylic acids is 1. The van der Waals surface area contributed by atoms with Crippen molar-refractivity contribution < 1.29 is 19.4 Å². The lowest BCUT2D eigenvalue weighted by Gasteiger charge is -2.20. The molecule has 0 bridgehead atoms. The maximum absolute atomic E-state index is 10.9. The number of unbranched alkanes of at least 4 members (excludes halogenated alkanes) is 1. The summed E-state index contributed by atoms with van der Waals surface area (Å²) < 4.78 is 11.6. The molecule has 0 spiro atoms. The van der Waals surface area contributed by atoms with Crippen LogP contribution in [0.5, 0.6) is 11.5 Å². The first-order valence-electron chi connectivity index (χ1n) is 11.1. The first-order chi connectivity index (χ1) is 15.5. The number of ether oxygens (including phenoxy) is 2. The summed E-state index contributed by atoms with van der Waals surface area (Å²) in [6.45, 7) is 4.16. The SMILES string of the molecule is CCCC[C@H](Oc1ccc(CCC(=O)O)c(C)c1)c1cccc(-c2ccc(OC)cc2)n1. The summed E-state index contributed by atoms with van der Waals surface area (Å²) in [7, 11) is 1.66. The fourth-order valence-electron chi connectivity index (χ4n) is 3.64. The molecular weight excluding hydrogens is 402 g/mol. The molecular formula is C27H31NO4. The van der Waals surface area contributed by atoms with Gasteiger partial charge in [-0.2, -0.15) is 0 Å². The van der Waals surface area contributed by atoms with Crippen LogP contribution in [0, 0.1) is 6.92 Å². The van der Waals surface area contributed by atoms with E-state index in [2.05, 4.69) is 6.92 Å². The third-order valence-corrected chi connectivity index (χ3v) is 5.51. The summed E-state index contributed by atoms with van der Waals surface area (Å²) in [6, 6.07) is 19.8. The molecule has 0 fully saturated rings. The van der Waals surface area contributed by atoms with Crippen molar-refractivity contribution in [3.05, 3.63) is 77.5 Å². The minimum absolute atomic E-state index is 0.127. The van der Waals surface area contributed by atoms with Crippen LogP contribution in [0.3, 0.4) is 0 Å². The van der Waals surface area contributed by atoms with Gasteiger partial charge in [0.05, 0.1) is 18.5 Å². The summed E-state index contributed by atoms with van der Waals surface area (Å²) in [5.74, 6) is 0.808. The number of rotatable bonds is 11. The zero-order valence-electron chi connectivity index (χ0n) is 19.0. The Bertz CT molecular complexity index is 1030. The number of aliphatic carboxylic acids is 1. The highest BCUT2D eigenvalue weighted by Gasteiger charge is 2.16. The molecule has 0 unspecified atom stereocenters. The van der Waals surface area contributed by atoms with E-state index < -0.39 is 5.97 Å². The van der Waals surface area contributed by atoms with Gasteiger partial charge in [0.1, 0.15) is 17.6 Å². The van der Waals surface area contributed by atoms with E-state index in [0.29, 0.717) is 6.42 Å². The Morgan fingerprint density at radius 2 is 1.81 bits per heavy atom. The topological polar surface area (TPSA) is 68.7 Å². The van der Waals surface area contributed by atoms with Crippen LogP contribution >= 0.6 is 0 Å². The summed E-state index contributed by atoms with van der Waals surface area (Å²) in [5, 5.41) is 8.94. The van der Waals surface area contributed by atoms with Crippen molar-refractivity contribution in [3.63, 3.8) is 0 Å². The van der Waals surface area contributed by atoms with Gasteiger partial charge in [0.15, 0.2) is 0 Å². The minimum Gasteiger partial charge on any atom is -0.497 e. The Labute approximate surface area is 190 Å². The molecule has 1 N–H and O–H groups in total. The average Bonchev–Trinajstić information content (AvgIpc) is 2.81. The fraction of sp³-hybridized carbons (Fsp3) is 0.333. The predicted octanol–water partition coefficient (Wildman–Crippen LogP) is 6.39. The van der Waals surface area contributed by atoms with Crippen molar-refractivity contribution in [1.29, 1.82) is 0 Å². The van der Waals surface area contributed by atoms with Crippen molar-refractivity contribution in [2.24, 2.45) is 0 Å². The number of hydrogen-bond acceptors (Lipinski definition) is 4. The van der Waals surface area contributed by atoms with Crippen molar-refractivity contribution >= 4 is 5.97 Å². The minimum atomic E-state index is -0.785. The van der Waals surface area contributed by atoms with Crippen molar-refractivity contribution in [2.75, 3.05) is 7.11 Å². The number of hydrogen-bond donors (Lipinski definition) is 1. The Morgan fingerprint density at radius 3 is 2.47 bits per heavy atom. The molecule has 1 heterocycles. The molecule has 32 heavy (non-hydrogen) atoms. The molecule has 0 saturated carbocycles. The normalized spacial score (nSPS) is 11.7. The molecule has 5 nitrogen and oxygen atoms in total. The van der Waals surface area contributed by atoms with Gasteiger partial charge in [0, 0.05) is 12.0 Å². The van der Waals surface area contributed by atoms with E-state index in [0.717, 1.165) is 58.8 Å². The molecule has 0 aliphatic heterocycles.